The number of esters is 3. The maximum Gasteiger partial charge on any atom is 0.345 e. The molecule has 0 radical (unpaired) electrons. The van der Waals surface area contributed by atoms with Gasteiger partial charge >= 0.3 is 35.8 Å². The zero-order valence-electron chi connectivity index (χ0n) is 29.4. The summed E-state index contributed by atoms with van der Waals surface area (Å²) in [4.78, 5) is 93.1. The van der Waals surface area contributed by atoms with Crippen molar-refractivity contribution >= 4 is 41.5 Å². The molecule has 0 aliphatic rings. The van der Waals surface area contributed by atoms with Gasteiger partial charge in [0.25, 0.3) is 5.69 Å². The molecule has 0 heterocycles. The number of methoxy groups -OCH3 is 3. The Balaban J connectivity index is -0.000000653. The number of aromatic carboxylic acids is 3. The van der Waals surface area contributed by atoms with Crippen LogP contribution in [0.1, 0.15) is 86.3 Å². The van der Waals surface area contributed by atoms with Crippen molar-refractivity contribution in [3.8, 4) is 0 Å². The fourth-order valence-electron chi connectivity index (χ4n) is 3.88. The number of aryl methyl sites for hydroxylation is 3. The van der Waals surface area contributed by atoms with E-state index in [1.807, 2.05) is 0 Å². The highest BCUT2D eigenvalue weighted by Crippen LogP contribution is 2.26. The molecule has 0 fully saturated rings. The minimum Gasteiger partial charge on any atom is -0.478 e. The van der Waals surface area contributed by atoms with E-state index in [1.54, 1.807) is 32.0 Å². The minimum absolute atomic E-state index is 0. The van der Waals surface area contributed by atoms with Crippen LogP contribution in [-0.2, 0) is 14.2 Å². The van der Waals surface area contributed by atoms with Crippen LogP contribution in [0.2, 0.25) is 0 Å². The number of carbonyl (C=O) groups is 6. The lowest BCUT2D eigenvalue weighted by Gasteiger charge is -2.08. The molecule has 0 unspecified atom stereocenters. The quantitative estimate of drug-likeness (QED) is 0.126. The van der Waals surface area contributed by atoms with Crippen molar-refractivity contribution in [2.75, 3.05) is 35.4 Å². The van der Waals surface area contributed by atoms with Crippen molar-refractivity contribution in [3.05, 3.63) is 129 Å². The molecule has 0 aliphatic carbocycles. The Hall–Kier alpha value is -7.32. The summed E-state index contributed by atoms with van der Waals surface area (Å²) in [6.45, 7) is 4.74. The molecule has 0 bridgehead atoms. The number of hydrogen-bond acceptors (Lipinski definition) is 15. The number of nitro benzene ring substituents is 1. The van der Waals surface area contributed by atoms with Gasteiger partial charge in [-0.1, -0.05) is 37.8 Å². The van der Waals surface area contributed by atoms with Gasteiger partial charge in [-0.15, -0.1) is 0 Å². The molecule has 3 aromatic rings. The van der Waals surface area contributed by atoms with Crippen molar-refractivity contribution < 1.29 is 73.1 Å². The van der Waals surface area contributed by atoms with Crippen LogP contribution in [0.5, 0.6) is 0 Å². The number of rotatable bonds is 7. The summed E-state index contributed by atoms with van der Waals surface area (Å²) in [6.07, 6.45) is 0. The monoisotopic (exact) mass is 765 g/mol. The first-order valence-electron chi connectivity index (χ1n) is 14.1. The van der Waals surface area contributed by atoms with E-state index in [4.69, 9.17) is 35.5 Å². The molecule has 0 spiro atoms. The number of carboxylic acid groups (broad SMARTS) is 3. The highest BCUT2D eigenvalue weighted by molar-refractivity contribution is 6.06. The first kappa shape index (κ1) is 51.1. The van der Waals surface area contributed by atoms with Crippen molar-refractivity contribution in [2.24, 2.45) is 0 Å². The van der Waals surface area contributed by atoms with E-state index in [0.29, 0.717) is 11.1 Å². The Morgan fingerprint density at radius 3 is 1.20 bits per heavy atom. The predicted molar refractivity (Wildman–Crippen MR) is 188 cm³/mol. The number of hydrogen-bond donors (Lipinski definition) is 3. The van der Waals surface area contributed by atoms with E-state index in [-0.39, 0.29) is 35.2 Å². The molecule has 21 nitrogen and oxygen atoms in total. The van der Waals surface area contributed by atoms with Crippen LogP contribution in [0.3, 0.4) is 0 Å². The summed E-state index contributed by atoms with van der Waals surface area (Å²) < 4.78 is 13.6. The normalized spacial score (nSPS) is 8.96. The molecule has 3 N–H and O–H groups in total. The average Bonchev–Trinajstić information content (AvgIpc) is 3.06. The van der Waals surface area contributed by atoms with Gasteiger partial charge in [0.05, 0.1) is 54.1 Å². The number of carbonyl (C=O) groups excluding carboxylic acids is 3. The van der Waals surface area contributed by atoms with Gasteiger partial charge in [-0.05, 0) is 49.6 Å². The molecule has 21 heteroatoms. The number of nitrogens with zero attached hydrogens (tertiary/aromatic N) is 3. The Morgan fingerprint density at radius 2 is 0.870 bits per heavy atom. The lowest BCUT2D eigenvalue weighted by molar-refractivity contribution is -0.445. The first-order valence-corrected chi connectivity index (χ1v) is 14.1. The zero-order chi connectivity index (χ0) is 41.7. The summed E-state index contributed by atoms with van der Waals surface area (Å²) in [7, 11) is 5.35. The fraction of sp³-hybridized carbons (Fsp3) is 0.273. The third-order valence-electron chi connectivity index (χ3n) is 5.98. The Bertz CT molecular complexity index is 1850. The van der Waals surface area contributed by atoms with Crippen molar-refractivity contribution in [2.45, 2.75) is 28.2 Å². The second-order valence-electron chi connectivity index (χ2n) is 9.67. The van der Waals surface area contributed by atoms with Crippen molar-refractivity contribution in [1.29, 1.82) is 0 Å². The van der Waals surface area contributed by atoms with Gasteiger partial charge in [0, 0.05) is 15.9 Å². The van der Waals surface area contributed by atoms with Gasteiger partial charge in [0.2, 0.25) is 0 Å². The van der Waals surface area contributed by atoms with E-state index in [1.165, 1.54) is 45.4 Å². The second-order valence-corrected chi connectivity index (χ2v) is 9.67. The lowest BCUT2D eigenvalue weighted by Crippen LogP contribution is -2.14. The molecule has 54 heavy (non-hydrogen) atoms. The van der Waals surface area contributed by atoms with Crippen LogP contribution in [0.25, 0.3) is 0 Å². The molecule has 0 aliphatic heterocycles. The lowest BCUT2D eigenvalue weighted by atomic mass is 10.00. The van der Waals surface area contributed by atoms with E-state index >= 15 is 0 Å². The fourth-order valence-corrected chi connectivity index (χ4v) is 3.88. The summed E-state index contributed by atoms with van der Waals surface area (Å²) in [5.74, 6) is -5.96. The van der Waals surface area contributed by atoms with E-state index in [0.717, 1.165) is 27.3 Å². The van der Waals surface area contributed by atoms with Gasteiger partial charge in [0.15, 0.2) is 19.7 Å². The van der Waals surface area contributed by atoms with E-state index < -0.39 is 67.4 Å². The van der Waals surface area contributed by atoms with E-state index in [2.05, 4.69) is 14.2 Å². The maximum atomic E-state index is 11.4. The molecule has 0 atom stereocenters. The molecular weight excluding hydrogens is 726 g/mol. The molecule has 294 valence electrons. The Labute approximate surface area is 307 Å². The molecular formula is C33H39N3O18. The molecule has 3 aromatic carbocycles. The van der Waals surface area contributed by atoms with Gasteiger partial charge < -0.3 is 29.5 Å². The maximum absolute atomic E-state index is 11.4. The van der Waals surface area contributed by atoms with Gasteiger partial charge in [-0.25, -0.2) is 28.8 Å². The highest BCUT2D eigenvalue weighted by Gasteiger charge is 2.29. The smallest absolute Gasteiger partial charge is 0.345 e. The summed E-state index contributed by atoms with van der Waals surface area (Å²) in [6, 6.07) is 11.7. The largest absolute Gasteiger partial charge is 0.478 e. The van der Waals surface area contributed by atoms with Gasteiger partial charge in [-0.3, -0.25) is 30.3 Å². The topological polar surface area (TPSA) is 320 Å². The molecule has 0 saturated carbocycles. The summed E-state index contributed by atoms with van der Waals surface area (Å²) in [5.41, 5.74) is 0.0234. The molecule has 0 amide bonds. The number of benzene rings is 3. The van der Waals surface area contributed by atoms with Crippen molar-refractivity contribution in [3.63, 3.8) is 0 Å². The van der Waals surface area contributed by atoms with Gasteiger partial charge in [0.1, 0.15) is 0 Å². The van der Waals surface area contributed by atoms with Crippen molar-refractivity contribution in [1.82, 2.24) is 0 Å². The predicted octanol–water partition coefficient (Wildman–Crippen LogP) is 4.77. The highest BCUT2D eigenvalue weighted by atomic mass is 16.6. The molecule has 3 rings (SSSR count). The molecule has 0 aromatic heterocycles. The summed E-state index contributed by atoms with van der Waals surface area (Å²) >= 11 is 0. The van der Waals surface area contributed by atoms with Crippen LogP contribution >= 0.6 is 0 Å². The third-order valence-corrected chi connectivity index (χ3v) is 5.98. The minimum atomic E-state index is -1.41. The zero-order valence-corrected chi connectivity index (χ0v) is 29.4. The second kappa shape index (κ2) is 24.8. The van der Waals surface area contributed by atoms with Gasteiger partial charge in [-0.2, -0.15) is 0 Å². The van der Waals surface area contributed by atoms with Crippen LogP contribution < -0.4 is 0 Å². The average molecular weight is 766 g/mol. The van der Waals surface area contributed by atoms with E-state index in [9.17, 15) is 38.9 Å². The molecule has 0 saturated heterocycles. The van der Waals surface area contributed by atoms with Crippen LogP contribution in [-0.4, -0.2) is 101 Å². The number of nitro groups is 3. The SMILES string of the molecule is C.COC(=O)c1c([N+](=O)[O-])ccc(C)c1C(=O)O.COC(=O)c1cccc(C)c1C(=O)OC.C[N+](=O)[O-].C[N+](=O)[O-].Cc1cccc(C(=O)O)c1C(=O)O. The van der Waals surface area contributed by atoms with Crippen LogP contribution in [0.4, 0.5) is 5.69 Å². The van der Waals surface area contributed by atoms with Crippen LogP contribution in [0, 0.1) is 51.1 Å². The Kier molecular flexibility index (Phi) is 23.4. The number of carboxylic acids is 3. The third kappa shape index (κ3) is 16.6. The standard InChI is InChI=1S/C11H12O4.C10H9NO6.C9H8O4.2CH3NO2.CH4/c1-7-5-4-6-8(10(12)14-2)9(7)11(13)15-3;1-5-3-4-6(11(15)16)8(10(14)17-2)7(5)9(12)13;1-5-3-2-4-6(8(10)11)7(5)9(12)13;2*1-2(3)4;/h4-6H,1-3H3;3-4H,1-2H3,(H,12,13);2-4H,1H3,(H,10,11)(H,12,13);2*1H3;1H4. The summed E-state index contributed by atoms with van der Waals surface area (Å²) in [5, 5.41) is 54.7. The van der Waals surface area contributed by atoms with Crippen LogP contribution in [0.15, 0.2) is 48.5 Å². The Morgan fingerprint density at radius 1 is 0.519 bits per heavy atom. The first-order chi connectivity index (χ1) is 24.5. The number of ether oxygens (including phenoxy) is 3.